The van der Waals surface area contributed by atoms with E-state index in [1.807, 2.05) is 19.1 Å². The highest BCUT2D eigenvalue weighted by atomic mass is 35.5. The molecule has 1 saturated heterocycles. The minimum atomic E-state index is -1.06. The number of hydrogen-bond acceptors (Lipinski definition) is 6. The Balaban J connectivity index is 1.65. The number of nitrogens with zero attached hydrogens (tertiary/aromatic N) is 1. The van der Waals surface area contributed by atoms with Gasteiger partial charge in [-0.05, 0) is 54.7 Å². The molecule has 3 rings (SSSR count). The summed E-state index contributed by atoms with van der Waals surface area (Å²) >= 11 is 6.04. The van der Waals surface area contributed by atoms with Gasteiger partial charge in [-0.1, -0.05) is 56.6 Å². The zero-order valence-electron chi connectivity index (χ0n) is 21.9. The van der Waals surface area contributed by atoms with Gasteiger partial charge in [-0.25, -0.2) is 4.79 Å². The lowest BCUT2D eigenvalue weighted by Crippen LogP contribution is -2.57. The third-order valence-corrected chi connectivity index (χ3v) is 8.14. The maximum atomic E-state index is 12.0. The molecule has 4 atom stereocenters. The lowest BCUT2D eigenvalue weighted by atomic mass is 9.66. The van der Waals surface area contributed by atoms with Crippen LogP contribution in [0.5, 0.6) is 0 Å². The summed E-state index contributed by atoms with van der Waals surface area (Å²) < 4.78 is 0. The molecule has 0 aromatic heterocycles. The number of benzene rings is 2. The van der Waals surface area contributed by atoms with Crippen LogP contribution in [0, 0.1) is 11.3 Å². The van der Waals surface area contributed by atoms with Crippen LogP contribution in [0.3, 0.4) is 0 Å². The molecule has 3 N–H and O–H groups in total. The summed E-state index contributed by atoms with van der Waals surface area (Å²) in [4.78, 5) is 37.7. The standard InChI is InChI=1S/C29H37ClN2O5/c1-20(15-32-13-12-29(37,27(2,3)18-32)22-8-10-24(30)11-9-22)25(16-33)31-17-28(4,19-34)23-7-5-6-21(14-23)26(35)36/h5-11,14,16,19-20,25,31,37H,12-13,15,17-18H2,1-4H3,(H,35,36)/t20-,25?,28?,29-/m0/s1. The van der Waals surface area contributed by atoms with Gasteiger partial charge < -0.3 is 30.0 Å². The number of carboxylic acid groups (broad SMARTS) is 1. The summed E-state index contributed by atoms with van der Waals surface area (Å²) in [5.74, 6) is -1.12. The SMILES string of the molecule is C[C@@H](CN1CC[C@](O)(c2ccc(Cl)cc2)C(C)(C)C1)C(C=O)NCC(C)(C=O)c1cccc(C(=O)O)c1. The van der Waals surface area contributed by atoms with Crippen LogP contribution in [-0.2, 0) is 20.6 Å². The summed E-state index contributed by atoms with van der Waals surface area (Å²) in [7, 11) is 0. The highest BCUT2D eigenvalue weighted by Gasteiger charge is 2.48. The predicted molar refractivity (Wildman–Crippen MR) is 144 cm³/mol. The Morgan fingerprint density at radius 3 is 2.46 bits per heavy atom. The van der Waals surface area contributed by atoms with Crippen molar-refractivity contribution in [2.45, 2.75) is 51.2 Å². The predicted octanol–water partition coefficient (Wildman–Crippen LogP) is 3.91. The largest absolute Gasteiger partial charge is 0.478 e. The van der Waals surface area contributed by atoms with Crippen LogP contribution in [0.2, 0.25) is 5.02 Å². The van der Waals surface area contributed by atoms with Gasteiger partial charge >= 0.3 is 5.97 Å². The topological polar surface area (TPSA) is 107 Å². The van der Waals surface area contributed by atoms with E-state index in [1.165, 1.54) is 12.1 Å². The third-order valence-electron chi connectivity index (χ3n) is 7.89. The van der Waals surface area contributed by atoms with Gasteiger partial charge in [-0.2, -0.15) is 0 Å². The van der Waals surface area contributed by atoms with E-state index in [0.29, 0.717) is 36.6 Å². The van der Waals surface area contributed by atoms with E-state index >= 15 is 0 Å². The fourth-order valence-electron chi connectivity index (χ4n) is 5.30. The average molecular weight is 529 g/mol. The molecule has 7 nitrogen and oxygen atoms in total. The molecule has 8 heteroatoms. The molecule has 2 aromatic carbocycles. The first kappa shape index (κ1) is 29.0. The fraction of sp³-hybridized carbons (Fsp3) is 0.483. The van der Waals surface area contributed by atoms with Crippen LogP contribution in [0.15, 0.2) is 48.5 Å². The Labute approximate surface area is 223 Å². The van der Waals surface area contributed by atoms with E-state index in [2.05, 4.69) is 24.1 Å². The van der Waals surface area contributed by atoms with E-state index in [0.717, 1.165) is 18.1 Å². The number of likely N-dealkylation sites (tertiary alicyclic amines) is 1. The van der Waals surface area contributed by atoms with Crippen molar-refractivity contribution in [3.8, 4) is 0 Å². The first-order valence-electron chi connectivity index (χ1n) is 12.5. The molecule has 0 radical (unpaired) electrons. The highest BCUT2D eigenvalue weighted by Crippen LogP contribution is 2.46. The van der Waals surface area contributed by atoms with E-state index in [9.17, 15) is 24.6 Å². The van der Waals surface area contributed by atoms with Crippen LogP contribution < -0.4 is 5.32 Å². The number of halogens is 1. The number of aromatic carboxylic acids is 1. The minimum absolute atomic E-state index is 0.0590. The second kappa shape index (κ2) is 11.4. The maximum absolute atomic E-state index is 12.0. The summed E-state index contributed by atoms with van der Waals surface area (Å²) in [5, 5.41) is 24.8. The van der Waals surface area contributed by atoms with Crippen molar-refractivity contribution in [1.29, 1.82) is 0 Å². The zero-order valence-corrected chi connectivity index (χ0v) is 22.7. The van der Waals surface area contributed by atoms with Gasteiger partial charge in [-0.3, -0.25) is 0 Å². The summed E-state index contributed by atoms with van der Waals surface area (Å²) in [5.41, 5.74) is -0.885. The molecule has 2 aromatic rings. The lowest BCUT2D eigenvalue weighted by molar-refractivity contribution is -0.128. The van der Waals surface area contributed by atoms with Crippen LogP contribution in [0.1, 0.15) is 55.6 Å². The monoisotopic (exact) mass is 528 g/mol. The first-order chi connectivity index (χ1) is 17.3. The quantitative estimate of drug-likeness (QED) is 0.380. The molecular formula is C29H37ClN2O5. The average Bonchev–Trinajstić information content (AvgIpc) is 2.86. The number of aldehydes is 2. The summed E-state index contributed by atoms with van der Waals surface area (Å²) in [6.45, 7) is 9.97. The van der Waals surface area contributed by atoms with Gasteiger partial charge in [0.1, 0.15) is 12.6 Å². The molecule has 1 aliphatic heterocycles. The molecule has 0 amide bonds. The molecule has 1 aliphatic rings. The number of aliphatic hydroxyl groups is 1. The molecule has 0 aliphatic carbocycles. The Kier molecular flexibility index (Phi) is 8.96. The Morgan fingerprint density at radius 1 is 1.22 bits per heavy atom. The van der Waals surface area contributed by atoms with Crippen LogP contribution in [0.4, 0.5) is 0 Å². The Bertz CT molecular complexity index is 1120. The smallest absolute Gasteiger partial charge is 0.335 e. The molecule has 0 bridgehead atoms. The summed E-state index contributed by atoms with van der Waals surface area (Å²) in [6, 6.07) is 13.2. The van der Waals surface area contributed by atoms with Crippen LogP contribution in [0.25, 0.3) is 0 Å². The second-order valence-corrected chi connectivity index (χ2v) is 11.6. The van der Waals surface area contributed by atoms with Crippen molar-refractivity contribution < 1.29 is 24.6 Å². The Morgan fingerprint density at radius 2 is 1.89 bits per heavy atom. The minimum Gasteiger partial charge on any atom is -0.478 e. The molecule has 0 spiro atoms. The van der Waals surface area contributed by atoms with Crippen molar-refractivity contribution in [3.05, 3.63) is 70.2 Å². The maximum Gasteiger partial charge on any atom is 0.335 e. The van der Waals surface area contributed by atoms with Gasteiger partial charge in [0, 0.05) is 36.6 Å². The number of nitrogens with one attached hydrogen (secondary N) is 1. The van der Waals surface area contributed by atoms with Gasteiger partial charge in [0.25, 0.3) is 0 Å². The van der Waals surface area contributed by atoms with Crippen molar-refractivity contribution in [2.24, 2.45) is 11.3 Å². The zero-order chi connectivity index (χ0) is 27.4. The fourth-order valence-corrected chi connectivity index (χ4v) is 5.42. The number of carboxylic acids is 1. The van der Waals surface area contributed by atoms with Gasteiger partial charge in [-0.15, -0.1) is 0 Å². The molecule has 1 heterocycles. The Hall–Kier alpha value is -2.58. The van der Waals surface area contributed by atoms with Crippen LogP contribution >= 0.6 is 11.6 Å². The van der Waals surface area contributed by atoms with Crippen LogP contribution in [-0.4, -0.2) is 65.9 Å². The van der Waals surface area contributed by atoms with Crippen molar-refractivity contribution in [1.82, 2.24) is 10.2 Å². The van der Waals surface area contributed by atoms with Crippen molar-refractivity contribution in [3.63, 3.8) is 0 Å². The van der Waals surface area contributed by atoms with Crippen molar-refractivity contribution in [2.75, 3.05) is 26.2 Å². The molecule has 1 fully saturated rings. The van der Waals surface area contributed by atoms with E-state index in [4.69, 9.17) is 11.6 Å². The number of rotatable bonds is 11. The number of carbonyl (C=O) groups excluding carboxylic acids is 2. The number of hydrogen-bond donors (Lipinski definition) is 3. The van der Waals surface area contributed by atoms with Gasteiger partial charge in [0.05, 0.1) is 22.6 Å². The van der Waals surface area contributed by atoms with Gasteiger partial charge in [0.15, 0.2) is 0 Å². The number of carbonyl (C=O) groups is 3. The molecule has 0 saturated carbocycles. The van der Waals surface area contributed by atoms with E-state index < -0.39 is 28.4 Å². The molecule has 200 valence electrons. The van der Waals surface area contributed by atoms with E-state index in [-0.39, 0.29) is 18.0 Å². The lowest BCUT2D eigenvalue weighted by Gasteiger charge is -2.51. The summed E-state index contributed by atoms with van der Waals surface area (Å²) in [6.07, 6.45) is 2.21. The van der Waals surface area contributed by atoms with E-state index in [1.54, 1.807) is 31.2 Å². The van der Waals surface area contributed by atoms with Gasteiger partial charge in [0.2, 0.25) is 0 Å². The molecule has 37 heavy (non-hydrogen) atoms. The molecular weight excluding hydrogens is 492 g/mol. The number of piperidine rings is 1. The van der Waals surface area contributed by atoms with Crippen molar-refractivity contribution >= 4 is 30.1 Å². The highest BCUT2D eigenvalue weighted by molar-refractivity contribution is 6.30. The molecule has 2 unspecified atom stereocenters. The normalized spacial score (nSPS) is 23.0. The first-order valence-corrected chi connectivity index (χ1v) is 12.9. The second-order valence-electron chi connectivity index (χ2n) is 11.2. The third kappa shape index (κ3) is 6.29.